The first-order chi connectivity index (χ1) is 8.20. The van der Waals surface area contributed by atoms with Gasteiger partial charge in [-0.2, -0.15) is 0 Å². The fraction of sp³-hybridized carbons (Fsp3) is 0.538. The van der Waals surface area contributed by atoms with Crippen molar-refractivity contribution in [2.45, 2.75) is 25.8 Å². The molecule has 1 unspecified atom stereocenters. The fourth-order valence-corrected chi connectivity index (χ4v) is 1.87. The molecule has 96 valence electrons. The van der Waals surface area contributed by atoms with Gasteiger partial charge >= 0.3 is 0 Å². The highest BCUT2D eigenvalue weighted by Gasteiger charge is 2.18. The first-order valence-corrected chi connectivity index (χ1v) is 5.87. The van der Waals surface area contributed by atoms with Gasteiger partial charge in [0, 0.05) is 25.3 Å². The Balaban J connectivity index is 2.81. The number of hydrogen-bond donors (Lipinski definition) is 1. The van der Waals surface area contributed by atoms with Gasteiger partial charge in [0.25, 0.3) is 0 Å². The van der Waals surface area contributed by atoms with Crippen LogP contribution >= 0.6 is 0 Å². The van der Waals surface area contributed by atoms with Gasteiger partial charge < -0.3 is 10.1 Å². The average Bonchev–Trinajstić information content (AvgIpc) is 2.29. The predicted molar refractivity (Wildman–Crippen MR) is 63.9 cm³/mol. The van der Waals surface area contributed by atoms with Crippen molar-refractivity contribution in [3.63, 3.8) is 0 Å². The highest BCUT2D eigenvalue weighted by atomic mass is 19.1. The lowest BCUT2D eigenvalue weighted by molar-refractivity contribution is 0.188. The minimum absolute atomic E-state index is 0.130. The maximum absolute atomic E-state index is 13.6. The Morgan fingerprint density at radius 1 is 1.29 bits per heavy atom. The second-order valence-electron chi connectivity index (χ2n) is 3.88. The number of hydrogen-bond acceptors (Lipinski definition) is 2. The number of benzene rings is 1. The van der Waals surface area contributed by atoms with Crippen LogP contribution in [0.4, 0.5) is 8.78 Å². The molecule has 1 N–H and O–H groups in total. The van der Waals surface area contributed by atoms with Gasteiger partial charge in [0.15, 0.2) is 0 Å². The van der Waals surface area contributed by atoms with Gasteiger partial charge in [0.05, 0.1) is 0 Å². The molecule has 1 aromatic carbocycles. The monoisotopic (exact) mass is 243 g/mol. The molecule has 1 atom stereocenters. The molecule has 0 radical (unpaired) electrons. The molecular weight excluding hydrogens is 224 g/mol. The molecular formula is C13H19F2NO. The second kappa shape index (κ2) is 7.35. The summed E-state index contributed by atoms with van der Waals surface area (Å²) < 4.78 is 32.2. The van der Waals surface area contributed by atoms with Crippen molar-refractivity contribution in [3.8, 4) is 0 Å². The number of ether oxygens (including phenoxy) is 1. The zero-order chi connectivity index (χ0) is 12.7. The third-order valence-electron chi connectivity index (χ3n) is 2.64. The molecule has 0 aliphatic heterocycles. The van der Waals surface area contributed by atoms with Crippen LogP contribution in [0.2, 0.25) is 0 Å². The Bertz CT molecular complexity index is 324. The number of methoxy groups -OCH3 is 1. The Labute approximate surface area is 101 Å². The summed E-state index contributed by atoms with van der Waals surface area (Å²) in [5.74, 6) is -0.985. The van der Waals surface area contributed by atoms with Gasteiger partial charge in [0.2, 0.25) is 0 Å². The molecule has 4 heteroatoms. The van der Waals surface area contributed by atoms with Crippen molar-refractivity contribution in [3.05, 3.63) is 35.4 Å². The third kappa shape index (κ3) is 4.06. The Morgan fingerprint density at radius 3 is 2.47 bits per heavy atom. The van der Waals surface area contributed by atoms with Crippen molar-refractivity contribution in [1.82, 2.24) is 5.32 Å². The van der Waals surface area contributed by atoms with Crippen LogP contribution in [-0.4, -0.2) is 20.3 Å². The highest BCUT2D eigenvalue weighted by Crippen LogP contribution is 2.24. The lowest BCUT2D eigenvalue weighted by Crippen LogP contribution is -2.23. The minimum Gasteiger partial charge on any atom is -0.385 e. The van der Waals surface area contributed by atoms with Crippen LogP contribution in [-0.2, 0) is 4.74 Å². The zero-order valence-electron chi connectivity index (χ0n) is 10.3. The molecule has 0 bridgehead atoms. The smallest absolute Gasteiger partial charge is 0.130 e. The average molecular weight is 243 g/mol. The molecule has 0 aromatic heterocycles. The maximum atomic E-state index is 13.6. The number of halogens is 2. The van der Waals surface area contributed by atoms with Crippen LogP contribution in [0, 0.1) is 11.6 Å². The quantitative estimate of drug-likeness (QED) is 0.743. The molecule has 1 rings (SSSR count). The molecule has 0 spiro atoms. The van der Waals surface area contributed by atoms with Crippen molar-refractivity contribution in [1.29, 1.82) is 0 Å². The molecule has 0 aliphatic rings. The summed E-state index contributed by atoms with van der Waals surface area (Å²) in [6.07, 6.45) is 1.42. The Kier molecular flexibility index (Phi) is 6.08. The summed E-state index contributed by atoms with van der Waals surface area (Å²) in [6, 6.07) is 3.67. The summed E-state index contributed by atoms with van der Waals surface area (Å²) in [7, 11) is 1.62. The lowest BCUT2D eigenvalue weighted by atomic mass is 10.0. The van der Waals surface area contributed by atoms with Crippen molar-refractivity contribution < 1.29 is 13.5 Å². The van der Waals surface area contributed by atoms with Crippen LogP contribution in [0.15, 0.2) is 18.2 Å². The fourth-order valence-electron chi connectivity index (χ4n) is 1.87. The van der Waals surface area contributed by atoms with Gasteiger partial charge in [-0.1, -0.05) is 13.0 Å². The van der Waals surface area contributed by atoms with Crippen LogP contribution < -0.4 is 5.32 Å². The molecule has 2 nitrogen and oxygen atoms in total. The van der Waals surface area contributed by atoms with Crippen LogP contribution in [0.3, 0.4) is 0 Å². The van der Waals surface area contributed by atoms with E-state index in [4.69, 9.17) is 4.74 Å². The summed E-state index contributed by atoms with van der Waals surface area (Å²) in [5.41, 5.74) is 0.130. The lowest BCUT2D eigenvalue weighted by Gasteiger charge is -2.19. The summed E-state index contributed by atoms with van der Waals surface area (Å²) in [4.78, 5) is 0. The second-order valence-corrected chi connectivity index (χ2v) is 3.88. The van der Waals surface area contributed by atoms with Crippen LogP contribution in [0.5, 0.6) is 0 Å². The van der Waals surface area contributed by atoms with E-state index in [1.165, 1.54) is 18.2 Å². The topological polar surface area (TPSA) is 21.3 Å². The van der Waals surface area contributed by atoms with E-state index < -0.39 is 11.6 Å². The van der Waals surface area contributed by atoms with E-state index in [0.717, 1.165) is 6.42 Å². The summed E-state index contributed by atoms with van der Waals surface area (Å²) >= 11 is 0. The van der Waals surface area contributed by atoms with Gasteiger partial charge in [-0.3, -0.25) is 0 Å². The first-order valence-electron chi connectivity index (χ1n) is 5.87. The SMILES string of the molecule is CCNC(CCCOC)c1c(F)cccc1F. The zero-order valence-corrected chi connectivity index (χ0v) is 10.3. The first kappa shape index (κ1) is 14.1. The van der Waals surface area contributed by atoms with Gasteiger partial charge in [-0.25, -0.2) is 8.78 Å². The molecule has 1 aromatic rings. The Morgan fingerprint density at radius 2 is 1.94 bits per heavy atom. The number of rotatable bonds is 7. The van der Waals surface area contributed by atoms with Gasteiger partial charge in [0.1, 0.15) is 11.6 Å². The van der Waals surface area contributed by atoms with E-state index in [0.29, 0.717) is 19.6 Å². The highest BCUT2D eigenvalue weighted by molar-refractivity contribution is 5.23. The molecule has 17 heavy (non-hydrogen) atoms. The van der Waals surface area contributed by atoms with E-state index in [1.54, 1.807) is 7.11 Å². The predicted octanol–water partition coefficient (Wildman–Crippen LogP) is 3.04. The van der Waals surface area contributed by atoms with E-state index in [-0.39, 0.29) is 11.6 Å². The summed E-state index contributed by atoms with van der Waals surface area (Å²) in [6.45, 7) is 3.19. The van der Waals surface area contributed by atoms with Gasteiger partial charge in [-0.05, 0) is 31.5 Å². The van der Waals surface area contributed by atoms with Crippen molar-refractivity contribution in [2.75, 3.05) is 20.3 Å². The van der Waals surface area contributed by atoms with Gasteiger partial charge in [-0.15, -0.1) is 0 Å². The maximum Gasteiger partial charge on any atom is 0.130 e. The Hall–Kier alpha value is -1.00. The molecule has 0 amide bonds. The largest absolute Gasteiger partial charge is 0.385 e. The molecule has 0 aliphatic carbocycles. The van der Waals surface area contributed by atoms with Crippen molar-refractivity contribution in [2.24, 2.45) is 0 Å². The normalized spacial score (nSPS) is 12.7. The molecule has 0 saturated carbocycles. The molecule has 0 saturated heterocycles. The molecule has 0 fully saturated rings. The number of nitrogens with one attached hydrogen (secondary N) is 1. The minimum atomic E-state index is -0.492. The van der Waals surface area contributed by atoms with Crippen molar-refractivity contribution >= 4 is 0 Å². The summed E-state index contributed by atoms with van der Waals surface area (Å²) in [5, 5.41) is 3.10. The van der Waals surface area contributed by atoms with E-state index in [2.05, 4.69) is 5.32 Å². The van der Waals surface area contributed by atoms with Crippen LogP contribution in [0.1, 0.15) is 31.4 Å². The third-order valence-corrected chi connectivity index (χ3v) is 2.64. The molecule has 0 heterocycles. The van der Waals surface area contributed by atoms with E-state index >= 15 is 0 Å². The van der Waals surface area contributed by atoms with E-state index in [1.807, 2.05) is 6.92 Å². The van der Waals surface area contributed by atoms with E-state index in [9.17, 15) is 8.78 Å². The standard InChI is InChI=1S/C13H19F2NO/c1-3-16-12(8-5-9-17-2)13-10(14)6-4-7-11(13)15/h4,6-7,12,16H,3,5,8-9H2,1-2H3. The van der Waals surface area contributed by atoms with Crippen LogP contribution in [0.25, 0.3) is 0 Å².